The van der Waals surface area contributed by atoms with Crippen molar-refractivity contribution in [1.82, 2.24) is 0 Å². The van der Waals surface area contributed by atoms with Crippen molar-refractivity contribution in [3.8, 4) is 0 Å². The van der Waals surface area contributed by atoms with Crippen LogP contribution in [0.3, 0.4) is 0 Å². The normalized spacial score (nSPS) is 10.2. The molecule has 0 atom stereocenters. The third kappa shape index (κ3) is 5.32. The fourth-order valence-corrected chi connectivity index (χ4v) is 2.46. The van der Waals surface area contributed by atoms with E-state index in [9.17, 15) is 19.7 Å². The molecule has 0 aliphatic heterocycles. The maximum absolute atomic E-state index is 12.1. The van der Waals surface area contributed by atoms with Gasteiger partial charge in [0.05, 0.1) is 20.5 Å². The molecule has 0 unspecified atom stereocenters. The Labute approximate surface area is 164 Å². The standard InChI is InChI=1S/C17H15Cl2N3O5/c1-21(2)14-6-3-10(7-15(14)22(25)26)17(24)27-9-16(23)20-11-4-5-12(18)13(19)8-11/h3-8H,9H2,1-2H3,(H,20,23). The number of nitrogens with zero attached hydrogens (tertiary/aromatic N) is 2. The van der Waals surface area contributed by atoms with Crippen molar-refractivity contribution >= 4 is 52.1 Å². The first-order chi connectivity index (χ1) is 12.7. The Balaban J connectivity index is 2.02. The van der Waals surface area contributed by atoms with Gasteiger partial charge in [0.2, 0.25) is 0 Å². The van der Waals surface area contributed by atoms with Crippen LogP contribution in [0.4, 0.5) is 17.1 Å². The molecule has 1 N–H and O–H groups in total. The highest BCUT2D eigenvalue weighted by Gasteiger charge is 2.20. The molecule has 0 saturated carbocycles. The monoisotopic (exact) mass is 411 g/mol. The highest BCUT2D eigenvalue weighted by atomic mass is 35.5. The second-order valence-electron chi connectivity index (χ2n) is 5.61. The van der Waals surface area contributed by atoms with E-state index in [0.29, 0.717) is 16.4 Å². The molecule has 2 aromatic rings. The van der Waals surface area contributed by atoms with Crippen molar-refractivity contribution in [3.63, 3.8) is 0 Å². The molecule has 0 radical (unpaired) electrons. The minimum atomic E-state index is -0.854. The van der Waals surface area contributed by atoms with Crippen LogP contribution in [0, 0.1) is 10.1 Å². The molecule has 0 aliphatic rings. The summed E-state index contributed by atoms with van der Waals surface area (Å²) in [6.07, 6.45) is 0. The van der Waals surface area contributed by atoms with Gasteiger partial charge in [-0.15, -0.1) is 0 Å². The van der Waals surface area contributed by atoms with Crippen LogP contribution in [0.2, 0.25) is 10.0 Å². The summed E-state index contributed by atoms with van der Waals surface area (Å²) in [5, 5.41) is 14.3. The molecule has 142 valence electrons. The molecule has 0 fully saturated rings. The highest BCUT2D eigenvalue weighted by molar-refractivity contribution is 6.42. The van der Waals surface area contributed by atoms with Gasteiger partial charge in [0.1, 0.15) is 5.69 Å². The van der Waals surface area contributed by atoms with Crippen LogP contribution in [-0.2, 0) is 9.53 Å². The summed E-state index contributed by atoms with van der Waals surface area (Å²) in [5.74, 6) is -1.45. The SMILES string of the molecule is CN(C)c1ccc(C(=O)OCC(=O)Nc2ccc(Cl)c(Cl)c2)cc1[N+](=O)[O-]. The molecule has 0 aliphatic carbocycles. The topological polar surface area (TPSA) is 102 Å². The number of carbonyl (C=O) groups excluding carboxylic acids is 2. The third-order valence-electron chi connectivity index (χ3n) is 3.43. The number of hydrogen-bond acceptors (Lipinski definition) is 6. The molecule has 0 spiro atoms. The molecule has 1 amide bonds. The maximum atomic E-state index is 12.1. The number of benzene rings is 2. The van der Waals surface area contributed by atoms with E-state index in [4.69, 9.17) is 27.9 Å². The average Bonchev–Trinajstić information content (AvgIpc) is 2.62. The average molecular weight is 412 g/mol. The molecule has 2 aromatic carbocycles. The molecule has 8 nitrogen and oxygen atoms in total. The van der Waals surface area contributed by atoms with Crippen LogP contribution in [0.5, 0.6) is 0 Å². The van der Waals surface area contributed by atoms with Gasteiger partial charge in [-0.05, 0) is 30.3 Å². The van der Waals surface area contributed by atoms with E-state index in [1.807, 2.05) is 0 Å². The van der Waals surface area contributed by atoms with E-state index in [-0.39, 0.29) is 16.3 Å². The van der Waals surface area contributed by atoms with Crippen molar-refractivity contribution in [2.24, 2.45) is 0 Å². The van der Waals surface area contributed by atoms with Crippen LogP contribution in [-0.4, -0.2) is 37.5 Å². The lowest BCUT2D eigenvalue weighted by atomic mass is 10.1. The van der Waals surface area contributed by atoms with Gasteiger partial charge >= 0.3 is 5.97 Å². The molecule has 2 rings (SSSR count). The van der Waals surface area contributed by atoms with E-state index in [0.717, 1.165) is 6.07 Å². The lowest BCUT2D eigenvalue weighted by Gasteiger charge is -2.13. The third-order valence-corrected chi connectivity index (χ3v) is 4.17. The first kappa shape index (κ1) is 20.5. The van der Waals surface area contributed by atoms with Crippen LogP contribution in [0.25, 0.3) is 0 Å². The lowest BCUT2D eigenvalue weighted by Crippen LogP contribution is -2.21. The Morgan fingerprint density at radius 3 is 2.44 bits per heavy atom. The zero-order chi connectivity index (χ0) is 20.1. The predicted octanol–water partition coefficient (Wildman–Crippen LogP) is 3.76. The summed E-state index contributed by atoms with van der Waals surface area (Å²) >= 11 is 11.6. The molecular weight excluding hydrogens is 397 g/mol. The van der Waals surface area contributed by atoms with Crippen LogP contribution in [0.1, 0.15) is 10.4 Å². The Kier molecular flexibility index (Phi) is 6.59. The summed E-state index contributed by atoms with van der Waals surface area (Å²) in [7, 11) is 3.29. The minimum Gasteiger partial charge on any atom is -0.452 e. The molecule has 0 saturated heterocycles. The number of carbonyl (C=O) groups is 2. The number of nitrogens with one attached hydrogen (secondary N) is 1. The number of halogens is 2. The smallest absolute Gasteiger partial charge is 0.338 e. The summed E-state index contributed by atoms with van der Waals surface area (Å²) in [4.78, 5) is 36.1. The molecule has 0 aromatic heterocycles. The van der Waals surface area contributed by atoms with Crippen molar-refractivity contribution in [2.75, 3.05) is 30.9 Å². The van der Waals surface area contributed by atoms with Gasteiger partial charge in [0, 0.05) is 25.8 Å². The number of nitro groups is 1. The van der Waals surface area contributed by atoms with Crippen LogP contribution < -0.4 is 10.2 Å². The number of ether oxygens (including phenoxy) is 1. The molecule has 0 heterocycles. The number of amides is 1. The Bertz CT molecular complexity index is 902. The van der Waals surface area contributed by atoms with Gasteiger partial charge in [-0.2, -0.15) is 0 Å². The fourth-order valence-electron chi connectivity index (χ4n) is 2.16. The van der Waals surface area contributed by atoms with E-state index in [1.54, 1.807) is 19.0 Å². The first-order valence-corrected chi connectivity index (χ1v) is 8.32. The minimum absolute atomic E-state index is 0.0327. The number of nitro benzene ring substituents is 1. The molecule has 0 bridgehead atoms. The summed E-state index contributed by atoms with van der Waals surface area (Å²) in [6.45, 7) is -0.567. The highest BCUT2D eigenvalue weighted by Crippen LogP contribution is 2.28. The number of esters is 1. The lowest BCUT2D eigenvalue weighted by molar-refractivity contribution is -0.384. The van der Waals surface area contributed by atoms with Crippen molar-refractivity contribution in [1.29, 1.82) is 0 Å². The second kappa shape index (κ2) is 8.70. The van der Waals surface area contributed by atoms with Gasteiger partial charge in [-0.25, -0.2) is 4.79 Å². The predicted molar refractivity (Wildman–Crippen MR) is 103 cm³/mol. The first-order valence-electron chi connectivity index (χ1n) is 7.57. The van der Waals surface area contributed by atoms with Crippen molar-refractivity contribution < 1.29 is 19.2 Å². The van der Waals surface area contributed by atoms with Crippen molar-refractivity contribution in [2.45, 2.75) is 0 Å². The van der Waals surface area contributed by atoms with Crippen molar-refractivity contribution in [3.05, 3.63) is 62.1 Å². The van der Waals surface area contributed by atoms with Crippen LogP contribution >= 0.6 is 23.2 Å². The van der Waals surface area contributed by atoms with Gasteiger partial charge in [0.15, 0.2) is 6.61 Å². The van der Waals surface area contributed by atoms with E-state index >= 15 is 0 Å². The largest absolute Gasteiger partial charge is 0.452 e. The zero-order valence-corrected chi connectivity index (χ0v) is 15.9. The van der Waals surface area contributed by atoms with Gasteiger partial charge in [0.25, 0.3) is 11.6 Å². The Hall–Kier alpha value is -2.84. The Morgan fingerprint density at radius 1 is 1.15 bits per heavy atom. The Morgan fingerprint density at radius 2 is 1.85 bits per heavy atom. The number of anilines is 2. The summed E-state index contributed by atoms with van der Waals surface area (Å²) in [6, 6.07) is 8.43. The van der Waals surface area contributed by atoms with Gasteiger partial charge in [-0.3, -0.25) is 14.9 Å². The maximum Gasteiger partial charge on any atom is 0.338 e. The molecule has 27 heavy (non-hydrogen) atoms. The van der Waals surface area contributed by atoms with Gasteiger partial charge in [-0.1, -0.05) is 23.2 Å². The second-order valence-corrected chi connectivity index (χ2v) is 6.42. The van der Waals surface area contributed by atoms with Crippen LogP contribution in [0.15, 0.2) is 36.4 Å². The molecule has 10 heteroatoms. The number of hydrogen-bond donors (Lipinski definition) is 1. The fraction of sp³-hybridized carbons (Fsp3) is 0.176. The summed E-state index contributed by atoms with van der Waals surface area (Å²) in [5.41, 5.74) is 0.453. The van der Waals surface area contributed by atoms with E-state index < -0.39 is 23.4 Å². The van der Waals surface area contributed by atoms with E-state index in [2.05, 4.69) is 5.32 Å². The zero-order valence-electron chi connectivity index (χ0n) is 14.4. The number of rotatable bonds is 6. The summed E-state index contributed by atoms with van der Waals surface area (Å²) < 4.78 is 4.90. The quantitative estimate of drug-likeness (QED) is 0.440. The molecular formula is C17H15Cl2N3O5. The van der Waals surface area contributed by atoms with E-state index in [1.165, 1.54) is 30.3 Å². The van der Waals surface area contributed by atoms with Gasteiger partial charge < -0.3 is 15.0 Å².